The molecule has 0 amide bonds. The molecule has 0 radical (unpaired) electrons. The zero-order valence-electron chi connectivity index (χ0n) is 4.52. The van der Waals surface area contributed by atoms with Gasteiger partial charge in [-0.05, 0) is 7.05 Å². The third-order valence-corrected chi connectivity index (χ3v) is 1.63. The molecule has 0 fully saturated rings. The molecule has 2 N–H and O–H groups in total. The van der Waals surface area contributed by atoms with Gasteiger partial charge in [0.1, 0.15) is 0 Å². The summed E-state index contributed by atoms with van der Waals surface area (Å²) in [5.74, 6) is 0. The second-order valence-electron chi connectivity index (χ2n) is 0.813. The summed E-state index contributed by atoms with van der Waals surface area (Å²) in [6.45, 7) is 3.16. The van der Waals surface area contributed by atoms with Gasteiger partial charge >= 0.3 is 0 Å². The summed E-state index contributed by atoms with van der Waals surface area (Å²) in [6, 6.07) is 0. The van der Waals surface area contributed by atoms with E-state index in [1.165, 1.54) is 0 Å². The molecule has 5 heteroatoms. The summed E-state index contributed by atoms with van der Waals surface area (Å²) >= 11 is -0.363. The maximum Gasteiger partial charge on any atom is 0.0912 e. The van der Waals surface area contributed by atoms with Gasteiger partial charge in [-0.15, -0.1) is 0 Å². The van der Waals surface area contributed by atoms with E-state index in [4.69, 9.17) is 3.17 Å². The van der Waals surface area contributed by atoms with Crippen LogP contribution in [-0.2, 0) is 3.17 Å². The van der Waals surface area contributed by atoms with Crippen molar-refractivity contribution in [2.24, 2.45) is 5.10 Å². The monoisotopic (exact) mass is 229 g/mol. The van der Waals surface area contributed by atoms with E-state index in [1.54, 1.807) is 0 Å². The zero-order valence-corrected chi connectivity index (χ0v) is 6.68. The second-order valence-corrected chi connectivity index (χ2v) is 2.39. The number of halogens is 1. The Morgan fingerprint density at radius 3 is 3.12 bits per heavy atom. The quantitative estimate of drug-likeness (QED) is 0.308. The summed E-state index contributed by atoms with van der Waals surface area (Å²) < 4.78 is 6.58. The van der Waals surface area contributed by atoms with Gasteiger partial charge in [0.25, 0.3) is 0 Å². The van der Waals surface area contributed by atoms with Crippen molar-refractivity contribution >= 4 is 32.0 Å². The molecular formula is C3H8IN3O. The molecular weight excluding hydrogens is 221 g/mol. The molecule has 0 aromatic heterocycles. The third-order valence-electron chi connectivity index (χ3n) is 0.297. The normalized spacial score (nSPS) is 10.6. The van der Waals surface area contributed by atoms with Gasteiger partial charge in [0.2, 0.25) is 0 Å². The lowest BCUT2D eigenvalue weighted by molar-refractivity contribution is 0.292. The van der Waals surface area contributed by atoms with Gasteiger partial charge in [0.05, 0.1) is 21.1 Å². The number of rotatable bonds is 4. The average molecular weight is 229 g/mol. The predicted octanol–water partition coefficient (Wildman–Crippen LogP) is -0.0120. The molecule has 8 heavy (non-hydrogen) atoms. The largest absolute Gasteiger partial charge is 0.292 e. The maximum absolute atomic E-state index is 4.74. The fourth-order valence-electron chi connectivity index (χ4n) is 0.111. The van der Waals surface area contributed by atoms with Crippen molar-refractivity contribution in [3.05, 3.63) is 0 Å². The second kappa shape index (κ2) is 6.99. The van der Waals surface area contributed by atoms with Crippen LogP contribution >= 0.6 is 21.1 Å². The lowest BCUT2D eigenvalue weighted by Gasteiger charge is -1.88. The van der Waals surface area contributed by atoms with Crippen LogP contribution in [0.2, 0.25) is 0 Å². The van der Waals surface area contributed by atoms with Gasteiger partial charge in [0.15, 0.2) is 0 Å². The molecule has 0 spiro atoms. The molecule has 0 saturated heterocycles. The van der Waals surface area contributed by atoms with Crippen molar-refractivity contribution in [1.29, 1.82) is 0 Å². The van der Waals surface area contributed by atoms with Crippen LogP contribution in [0.1, 0.15) is 0 Å². The van der Waals surface area contributed by atoms with Gasteiger partial charge in [-0.1, -0.05) is 0 Å². The number of hydrogen-bond acceptors (Lipinski definition) is 4. The standard InChI is InChI=1S/C3H8IN3O/c1-5-3-4-8-7-6-2/h3,5,7H,2H2,1H3. The molecule has 0 bridgehead atoms. The van der Waals surface area contributed by atoms with Crippen molar-refractivity contribution in [3.8, 4) is 0 Å². The SMILES string of the molecule is C=NNOI=CNC. The first-order chi connectivity index (χ1) is 3.91. The Morgan fingerprint density at radius 2 is 2.62 bits per heavy atom. The Labute approximate surface area is 58.5 Å². The van der Waals surface area contributed by atoms with Crippen molar-refractivity contribution in [1.82, 2.24) is 10.9 Å². The highest BCUT2D eigenvalue weighted by Crippen LogP contribution is 1.88. The summed E-state index contributed by atoms with van der Waals surface area (Å²) in [7, 11) is 1.82. The molecule has 0 heterocycles. The number of nitrogens with one attached hydrogen (secondary N) is 2. The number of nitrogens with zero attached hydrogens (tertiary/aromatic N) is 1. The van der Waals surface area contributed by atoms with E-state index in [0.717, 1.165) is 0 Å². The molecule has 0 aliphatic heterocycles. The Balaban J connectivity index is 2.90. The summed E-state index contributed by atoms with van der Waals surface area (Å²) in [5.41, 5.74) is 2.27. The zero-order chi connectivity index (χ0) is 6.24. The highest BCUT2D eigenvalue weighted by molar-refractivity contribution is 14.2. The molecule has 0 aromatic rings. The highest BCUT2D eigenvalue weighted by Gasteiger charge is 1.66. The van der Waals surface area contributed by atoms with Gasteiger partial charge in [0, 0.05) is 10.9 Å². The summed E-state index contributed by atoms with van der Waals surface area (Å²) in [4.78, 5) is 0. The van der Waals surface area contributed by atoms with Crippen molar-refractivity contribution in [2.45, 2.75) is 0 Å². The first-order valence-electron chi connectivity index (χ1n) is 1.91. The summed E-state index contributed by atoms with van der Waals surface area (Å²) in [5, 5.41) is 6.09. The van der Waals surface area contributed by atoms with Gasteiger partial charge < -0.3 is 0 Å². The van der Waals surface area contributed by atoms with Gasteiger partial charge in [-0.25, -0.2) is 0 Å². The Morgan fingerprint density at radius 1 is 1.88 bits per heavy atom. The van der Waals surface area contributed by atoms with Crippen LogP contribution in [0.5, 0.6) is 0 Å². The minimum absolute atomic E-state index is 0.363. The lowest BCUT2D eigenvalue weighted by Crippen LogP contribution is -2.00. The smallest absolute Gasteiger partial charge is 0.0912 e. The molecule has 4 nitrogen and oxygen atoms in total. The van der Waals surface area contributed by atoms with E-state index in [-0.39, 0.29) is 21.1 Å². The van der Waals surface area contributed by atoms with Crippen molar-refractivity contribution in [3.63, 3.8) is 0 Å². The molecule has 0 rings (SSSR count). The molecule has 0 aromatic carbocycles. The Bertz CT molecular complexity index is 84.6. The molecule has 0 atom stereocenters. The van der Waals surface area contributed by atoms with Crippen LogP contribution in [0, 0.1) is 0 Å². The molecule has 48 valence electrons. The first kappa shape index (κ1) is 7.99. The van der Waals surface area contributed by atoms with Crippen LogP contribution in [0.3, 0.4) is 0 Å². The minimum atomic E-state index is -0.363. The highest BCUT2D eigenvalue weighted by atomic mass is 127. The Hall–Kier alpha value is -0.0100. The van der Waals surface area contributed by atoms with E-state index in [9.17, 15) is 0 Å². The van der Waals surface area contributed by atoms with E-state index < -0.39 is 0 Å². The maximum atomic E-state index is 4.74. The number of hydrogen-bond donors (Lipinski definition) is 2. The summed E-state index contributed by atoms with van der Waals surface area (Å²) in [6.07, 6.45) is 0. The van der Waals surface area contributed by atoms with Gasteiger partial charge in [-0.2, -0.15) is 13.9 Å². The van der Waals surface area contributed by atoms with Crippen LogP contribution < -0.4 is 10.9 Å². The van der Waals surface area contributed by atoms with E-state index >= 15 is 0 Å². The lowest BCUT2D eigenvalue weighted by atomic mass is 11.3. The van der Waals surface area contributed by atoms with E-state index in [0.29, 0.717) is 0 Å². The van der Waals surface area contributed by atoms with E-state index in [2.05, 4.69) is 22.7 Å². The van der Waals surface area contributed by atoms with Crippen LogP contribution in [0.25, 0.3) is 0 Å². The Kier molecular flexibility index (Phi) is 6.98. The molecule has 0 saturated carbocycles. The van der Waals surface area contributed by atoms with Crippen molar-refractivity contribution < 1.29 is 3.17 Å². The number of hydrazone groups is 1. The van der Waals surface area contributed by atoms with Crippen LogP contribution in [0.4, 0.5) is 0 Å². The predicted molar refractivity (Wildman–Crippen MR) is 42.9 cm³/mol. The van der Waals surface area contributed by atoms with Gasteiger partial charge in [-0.3, -0.25) is 5.32 Å². The fraction of sp³-hybridized carbons (Fsp3) is 0.333. The minimum Gasteiger partial charge on any atom is -0.292 e. The van der Waals surface area contributed by atoms with Crippen LogP contribution in [-0.4, -0.2) is 17.9 Å². The van der Waals surface area contributed by atoms with Crippen molar-refractivity contribution in [2.75, 3.05) is 7.05 Å². The fourth-order valence-corrected chi connectivity index (χ4v) is 0.746. The van der Waals surface area contributed by atoms with Crippen LogP contribution in [0.15, 0.2) is 5.10 Å². The third kappa shape index (κ3) is 5.99. The molecule has 0 aliphatic rings. The molecule has 0 aliphatic carbocycles. The first-order valence-corrected chi connectivity index (χ1v) is 4.03. The average Bonchev–Trinajstić information content (AvgIpc) is 1.81. The van der Waals surface area contributed by atoms with E-state index in [1.807, 2.05) is 11.2 Å². The molecule has 0 unspecified atom stereocenters. The topological polar surface area (TPSA) is 45.7 Å².